The molecule has 0 aromatic rings. The normalized spacial score (nSPS) is 12.7. The summed E-state index contributed by atoms with van der Waals surface area (Å²) in [5.74, 6) is -0.952. The fraction of sp³-hybridized carbons (Fsp3) is 0.717. The van der Waals surface area contributed by atoms with Crippen molar-refractivity contribution in [2.24, 2.45) is 0 Å². The lowest BCUT2D eigenvalue weighted by Crippen LogP contribution is -2.30. The highest BCUT2D eigenvalue weighted by atomic mass is 16.6. The molecule has 0 heterocycles. The molecule has 6 nitrogen and oxygen atoms in total. The van der Waals surface area contributed by atoms with E-state index in [1.54, 1.807) is 0 Å². The summed E-state index contributed by atoms with van der Waals surface area (Å²) in [5.41, 5.74) is 0. The van der Waals surface area contributed by atoms with Crippen LogP contribution in [0, 0.1) is 0 Å². The summed E-state index contributed by atoms with van der Waals surface area (Å²) in [5, 5.41) is 0. The van der Waals surface area contributed by atoms with Gasteiger partial charge in [0, 0.05) is 19.3 Å². The fourth-order valence-electron chi connectivity index (χ4n) is 7.46. The highest BCUT2D eigenvalue weighted by Crippen LogP contribution is 2.14. The van der Waals surface area contributed by atoms with E-state index in [0.717, 1.165) is 122 Å². The van der Waals surface area contributed by atoms with E-state index in [1.165, 1.54) is 96.3 Å². The van der Waals surface area contributed by atoms with Crippen LogP contribution >= 0.6 is 0 Å². The molecule has 0 fully saturated rings. The van der Waals surface area contributed by atoms with Crippen molar-refractivity contribution in [3.63, 3.8) is 0 Å². The molecule has 0 saturated carbocycles. The summed E-state index contributed by atoms with van der Waals surface area (Å²) in [6, 6.07) is 0. The number of rotatable bonds is 49. The van der Waals surface area contributed by atoms with Crippen molar-refractivity contribution >= 4 is 17.9 Å². The molecule has 1 unspecified atom stereocenters. The highest BCUT2D eigenvalue weighted by Gasteiger charge is 2.19. The van der Waals surface area contributed by atoms with E-state index >= 15 is 0 Å². The van der Waals surface area contributed by atoms with Gasteiger partial charge in [-0.25, -0.2) is 0 Å². The summed E-state index contributed by atoms with van der Waals surface area (Å²) in [6.45, 7) is 6.47. The van der Waals surface area contributed by atoms with Gasteiger partial charge in [0.1, 0.15) is 13.2 Å². The minimum Gasteiger partial charge on any atom is -0.462 e. The average molecular weight is 919 g/mol. The second kappa shape index (κ2) is 54.2. The Morgan fingerprint density at radius 1 is 0.318 bits per heavy atom. The molecule has 0 rings (SSSR count). The number of carbonyl (C=O) groups excluding carboxylic acids is 3. The predicted octanol–water partition coefficient (Wildman–Crippen LogP) is 18.4. The van der Waals surface area contributed by atoms with Crippen molar-refractivity contribution in [1.29, 1.82) is 0 Å². The zero-order chi connectivity index (χ0) is 47.9. The number of ether oxygens (including phenoxy) is 3. The molecule has 0 saturated heterocycles. The second-order valence-corrected chi connectivity index (χ2v) is 18.1. The Bertz CT molecular complexity index is 1290. The molecule has 378 valence electrons. The average Bonchev–Trinajstić information content (AvgIpc) is 3.31. The first-order chi connectivity index (χ1) is 32.5. The Kier molecular flexibility index (Phi) is 51.4. The van der Waals surface area contributed by atoms with Gasteiger partial charge in [-0.1, -0.05) is 209 Å². The Morgan fingerprint density at radius 2 is 0.591 bits per heavy atom. The minimum atomic E-state index is -0.801. The van der Waals surface area contributed by atoms with Gasteiger partial charge in [0.15, 0.2) is 6.10 Å². The lowest BCUT2D eigenvalue weighted by Gasteiger charge is -2.18. The lowest BCUT2D eigenvalue weighted by atomic mass is 10.1. The van der Waals surface area contributed by atoms with Crippen molar-refractivity contribution in [3.05, 3.63) is 85.1 Å². The van der Waals surface area contributed by atoms with Gasteiger partial charge >= 0.3 is 17.9 Å². The maximum Gasteiger partial charge on any atom is 0.306 e. The van der Waals surface area contributed by atoms with Crippen LogP contribution in [0.4, 0.5) is 0 Å². The lowest BCUT2D eigenvalue weighted by molar-refractivity contribution is -0.167. The summed E-state index contributed by atoms with van der Waals surface area (Å²) in [6.07, 6.45) is 70.0. The zero-order valence-electron chi connectivity index (χ0n) is 43.2. The van der Waals surface area contributed by atoms with Crippen molar-refractivity contribution < 1.29 is 28.6 Å². The molecule has 0 radical (unpaired) electrons. The third-order valence-corrected chi connectivity index (χ3v) is 11.6. The largest absolute Gasteiger partial charge is 0.462 e. The fourth-order valence-corrected chi connectivity index (χ4v) is 7.46. The third kappa shape index (κ3) is 51.6. The molecular weight excluding hydrogens is 817 g/mol. The van der Waals surface area contributed by atoms with Gasteiger partial charge in [-0.15, -0.1) is 0 Å². The maximum absolute atomic E-state index is 12.8. The molecular formula is C60H102O6. The molecule has 0 aliphatic heterocycles. The number of hydrogen-bond acceptors (Lipinski definition) is 6. The van der Waals surface area contributed by atoms with E-state index in [1.807, 2.05) is 0 Å². The first-order valence-corrected chi connectivity index (χ1v) is 27.6. The highest BCUT2D eigenvalue weighted by molar-refractivity contribution is 5.71. The molecule has 66 heavy (non-hydrogen) atoms. The quantitative estimate of drug-likeness (QED) is 0.0262. The molecule has 0 aliphatic rings. The number of carbonyl (C=O) groups is 3. The summed E-state index contributed by atoms with van der Waals surface area (Å²) < 4.78 is 16.8. The molecule has 0 aliphatic carbocycles. The minimum absolute atomic E-state index is 0.0985. The van der Waals surface area contributed by atoms with Crippen LogP contribution in [0.2, 0.25) is 0 Å². The topological polar surface area (TPSA) is 78.9 Å². The third-order valence-electron chi connectivity index (χ3n) is 11.6. The van der Waals surface area contributed by atoms with Gasteiger partial charge in [-0.3, -0.25) is 14.4 Å². The van der Waals surface area contributed by atoms with Gasteiger partial charge in [0.25, 0.3) is 0 Å². The molecule has 1 atom stereocenters. The Balaban J connectivity index is 4.47. The number of unbranched alkanes of at least 4 members (excludes halogenated alkanes) is 24. The van der Waals surface area contributed by atoms with Crippen LogP contribution in [0.25, 0.3) is 0 Å². The van der Waals surface area contributed by atoms with E-state index in [9.17, 15) is 14.4 Å². The van der Waals surface area contributed by atoms with Gasteiger partial charge in [-0.05, 0) is 116 Å². The molecule has 6 heteroatoms. The van der Waals surface area contributed by atoms with Crippen molar-refractivity contribution in [3.8, 4) is 0 Å². The molecule has 0 amide bonds. The van der Waals surface area contributed by atoms with Crippen LogP contribution in [0.1, 0.15) is 258 Å². The zero-order valence-corrected chi connectivity index (χ0v) is 43.2. The predicted molar refractivity (Wildman–Crippen MR) is 284 cm³/mol. The van der Waals surface area contributed by atoms with Gasteiger partial charge in [-0.2, -0.15) is 0 Å². The van der Waals surface area contributed by atoms with Gasteiger partial charge in [0.05, 0.1) is 0 Å². The maximum atomic E-state index is 12.8. The second-order valence-electron chi connectivity index (χ2n) is 18.1. The van der Waals surface area contributed by atoms with E-state index in [4.69, 9.17) is 14.2 Å². The SMILES string of the molecule is CC/C=C\C/C=C\C/C=C\C/C=C\C/C=C\CCCCCC(=O)OCC(COC(=O)CCCCC/C=C\CCCCCCCC)OC(=O)CCCCCCC/C=C\CCCCCCCCC. The number of hydrogen-bond donors (Lipinski definition) is 0. The van der Waals surface area contributed by atoms with E-state index < -0.39 is 6.10 Å². The number of esters is 3. The molecule has 0 aromatic heterocycles. The molecule has 0 bridgehead atoms. The van der Waals surface area contributed by atoms with Crippen LogP contribution in [-0.4, -0.2) is 37.2 Å². The Morgan fingerprint density at radius 3 is 0.955 bits per heavy atom. The standard InChI is InChI=1S/C60H102O6/c1-4-7-10-13-16-19-22-25-27-29-30-31-33-35-38-41-44-47-50-53-59(62)65-56-57(55-64-58(61)52-49-46-43-40-37-34-24-21-18-15-12-9-6-3)66-60(63)54-51-48-45-42-39-36-32-28-26-23-20-17-14-11-8-5-2/h7,10,16,19,25,27-28,30-32,34-35,37-38,57H,4-6,8-9,11-15,17-18,20-24,26,29,33,36,39-56H2,1-3H3/b10-7-,19-16-,27-25-,31-30-,32-28-,37-34-,38-35-. The van der Waals surface area contributed by atoms with Gasteiger partial charge < -0.3 is 14.2 Å². The van der Waals surface area contributed by atoms with Crippen LogP contribution in [0.15, 0.2) is 85.1 Å². The van der Waals surface area contributed by atoms with Crippen molar-refractivity contribution in [2.75, 3.05) is 13.2 Å². The van der Waals surface area contributed by atoms with Crippen LogP contribution < -0.4 is 0 Å². The van der Waals surface area contributed by atoms with E-state index in [-0.39, 0.29) is 31.1 Å². The first-order valence-electron chi connectivity index (χ1n) is 27.6. The van der Waals surface area contributed by atoms with Crippen LogP contribution in [0.5, 0.6) is 0 Å². The molecule has 0 N–H and O–H groups in total. The van der Waals surface area contributed by atoms with Crippen molar-refractivity contribution in [1.82, 2.24) is 0 Å². The Labute approximate surface area is 407 Å². The first kappa shape index (κ1) is 62.6. The number of allylic oxidation sites excluding steroid dienone is 14. The van der Waals surface area contributed by atoms with E-state index in [2.05, 4.69) is 106 Å². The monoisotopic (exact) mass is 919 g/mol. The molecule has 0 aromatic carbocycles. The van der Waals surface area contributed by atoms with E-state index in [0.29, 0.717) is 19.3 Å². The van der Waals surface area contributed by atoms with Crippen molar-refractivity contribution in [2.45, 2.75) is 264 Å². The summed E-state index contributed by atoms with van der Waals surface area (Å²) in [7, 11) is 0. The molecule has 0 spiro atoms. The smallest absolute Gasteiger partial charge is 0.306 e. The van der Waals surface area contributed by atoms with Crippen LogP contribution in [0.3, 0.4) is 0 Å². The summed E-state index contributed by atoms with van der Waals surface area (Å²) >= 11 is 0. The van der Waals surface area contributed by atoms with Gasteiger partial charge in [0.2, 0.25) is 0 Å². The van der Waals surface area contributed by atoms with Crippen LogP contribution in [-0.2, 0) is 28.6 Å². The summed E-state index contributed by atoms with van der Waals surface area (Å²) in [4.78, 5) is 38.1. The Hall–Kier alpha value is -3.41.